The molecule has 10 heteroatoms. The summed E-state index contributed by atoms with van der Waals surface area (Å²) in [7, 11) is 0. The van der Waals surface area contributed by atoms with Crippen molar-refractivity contribution >= 4 is 12.1 Å². The van der Waals surface area contributed by atoms with Crippen molar-refractivity contribution in [2.24, 2.45) is 17.6 Å². The van der Waals surface area contributed by atoms with E-state index in [2.05, 4.69) is 69.0 Å². The second-order valence-electron chi connectivity index (χ2n) is 18.7. The number of rotatable bonds is 18. The van der Waals surface area contributed by atoms with Crippen LogP contribution in [-0.4, -0.2) is 78.2 Å². The number of ether oxygens (including phenoxy) is 2. The smallest absolute Gasteiger partial charge is 0.315 e. The van der Waals surface area contributed by atoms with E-state index < -0.39 is 0 Å². The van der Waals surface area contributed by atoms with Gasteiger partial charge in [-0.2, -0.15) is 0 Å². The number of carbonyl (C=O) groups is 2. The Bertz CT molecular complexity index is 1850. The number of carbonyl (C=O) groups excluding carboxylic acids is 2. The van der Waals surface area contributed by atoms with Crippen LogP contribution in [0.1, 0.15) is 149 Å². The Labute approximate surface area is 357 Å². The van der Waals surface area contributed by atoms with Gasteiger partial charge in [0.25, 0.3) is 0 Å². The van der Waals surface area contributed by atoms with Crippen molar-refractivity contribution < 1.29 is 19.1 Å². The summed E-state index contributed by atoms with van der Waals surface area (Å²) in [5, 5.41) is 6.25. The van der Waals surface area contributed by atoms with Crippen LogP contribution < -0.4 is 25.8 Å². The maximum atomic E-state index is 12.7. The van der Waals surface area contributed by atoms with Crippen LogP contribution in [-0.2, 0) is 0 Å². The number of hydrogen-bond acceptors (Lipinski definition) is 6. The van der Waals surface area contributed by atoms with Gasteiger partial charge in [-0.15, -0.1) is 0 Å². The van der Waals surface area contributed by atoms with Crippen molar-refractivity contribution in [3.63, 3.8) is 0 Å². The van der Waals surface area contributed by atoms with E-state index in [1.807, 2.05) is 29.2 Å². The first-order valence-electron chi connectivity index (χ1n) is 23.6. The molecule has 4 bridgehead atoms. The lowest BCUT2D eigenvalue weighted by Crippen LogP contribution is -2.46. The molecule has 322 valence electrons. The Balaban J connectivity index is 0.607. The molecule has 4 atom stereocenters. The molecule has 4 heterocycles. The lowest BCUT2D eigenvalue weighted by Gasteiger charge is -2.36. The summed E-state index contributed by atoms with van der Waals surface area (Å²) in [5.74, 6) is 2.97. The third-order valence-corrected chi connectivity index (χ3v) is 15.3. The molecule has 60 heavy (non-hydrogen) atoms. The van der Waals surface area contributed by atoms with E-state index in [0.717, 1.165) is 68.3 Å². The van der Waals surface area contributed by atoms with Gasteiger partial charge in [-0.05, 0) is 162 Å². The molecule has 0 radical (unpaired) electrons. The number of amides is 4. The first-order chi connectivity index (χ1) is 29.5. The highest BCUT2D eigenvalue weighted by molar-refractivity contribution is 5.74. The van der Waals surface area contributed by atoms with Crippen LogP contribution >= 0.6 is 0 Å². The molecule has 4 amide bonds. The molecule has 0 spiro atoms. The Hall–Kier alpha value is -4.28. The highest BCUT2D eigenvalue weighted by atomic mass is 16.5. The monoisotopic (exact) mass is 817 g/mol. The largest absolute Gasteiger partial charge is 0.493 e. The molecular weight excluding hydrogens is 749 g/mol. The number of urea groups is 2. The van der Waals surface area contributed by atoms with Crippen LogP contribution in [0.3, 0.4) is 0 Å². The Morgan fingerprint density at radius 2 is 1.10 bits per heavy atom. The SMILES string of the molecule is NC(=O)N(CCCOc1cccc(OCCCNC(=O)N[C@H]2CC[C@H](CCN3[C@@H]4CC[C@H]3c3ccccc34)CC2)c1)[C@H]1CC[C@H](CCN2[C@@H]3CC[C@H]2c2ccccc23)CC1. The van der Waals surface area contributed by atoms with Gasteiger partial charge < -0.3 is 30.7 Å². The average molecular weight is 817 g/mol. The maximum Gasteiger partial charge on any atom is 0.315 e. The topological polar surface area (TPSA) is 112 Å². The van der Waals surface area contributed by atoms with Crippen molar-refractivity contribution in [3.05, 3.63) is 95.1 Å². The summed E-state index contributed by atoms with van der Waals surface area (Å²) >= 11 is 0. The van der Waals surface area contributed by atoms with Gasteiger partial charge in [0.15, 0.2) is 0 Å². The fourth-order valence-corrected chi connectivity index (χ4v) is 12.2. The van der Waals surface area contributed by atoms with E-state index in [4.69, 9.17) is 15.2 Å². The molecule has 0 unspecified atom stereocenters. The number of nitrogens with one attached hydrogen (secondary N) is 2. The Morgan fingerprint density at radius 1 is 0.617 bits per heavy atom. The summed E-state index contributed by atoms with van der Waals surface area (Å²) in [4.78, 5) is 32.6. The van der Waals surface area contributed by atoms with Crippen LogP contribution in [0.4, 0.5) is 9.59 Å². The number of primary amides is 1. The molecule has 4 aliphatic heterocycles. The van der Waals surface area contributed by atoms with Crippen LogP contribution in [0.2, 0.25) is 0 Å². The van der Waals surface area contributed by atoms with E-state index in [-0.39, 0.29) is 24.1 Å². The van der Waals surface area contributed by atoms with Gasteiger partial charge in [0.2, 0.25) is 0 Å². The summed E-state index contributed by atoms with van der Waals surface area (Å²) in [6.07, 6.45) is 18.0. The molecule has 10 nitrogen and oxygen atoms in total. The van der Waals surface area contributed by atoms with Crippen molar-refractivity contribution in [3.8, 4) is 11.5 Å². The fraction of sp³-hybridized carbons (Fsp3) is 0.600. The molecule has 9 rings (SSSR count). The molecule has 4 N–H and O–H groups in total. The Morgan fingerprint density at radius 3 is 1.60 bits per heavy atom. The van der Waals surface area contributed by atoms with Crippen LogP contribution in [0.15, 0.2) is 72.8 Å². The Kier molecular flexibility index (Phi) is 13.1. The van der Waals surface area contributed by atoms with Crippen molar-refractivity contribution in [1.29, 1.82) is 0 Å². The van der Waals surface area contributed by atoms with E-state index in [9.17, 15) is 9.59 Å². The van der Waals surface area contributed by atoms with Gasteiger partial charge in [0.05, 0.1) is 13.2 Å². The van der Waals surface area contributed by atoms with Gasteiger partial charge in [-0.3, -0.25) is 9.80 Å². The molecule has 2 saturated carbocycles. The highest BCUT2D eigenvalue weighted by Crippen LogP contribution is 2.54. The van der Waals surface area contributed by atoms with E-state index in [1.165, 1.54) is 64.5 Å². The molecule has 3 aromatic carbocycles. The second-order valence-corrected chi connectivity index (χ2v) is 18.7. The number of hydrogen-bond donors (Lipinski definition) is 3. The van der Waals surface area contributed by atoms with Crippen LogP contribution in [0.5, 0.6) is 11.5 Å². The lowest BCUT2D eigenvalue weighted by atomic mass is 9.83. The molecule has 4 fully saturated rings. The van der Waals surface area contributed by atoms with Crippen LogP contribution in [0.25, 0.3) is 0 Å². The zero-order valence-corrected chi connectivity index (χ0v) is 35.7. The third kappa shape index (κ3) is 9.30. The van der Waals surface area contributed by atoms with E-state index in [1.54, 1.807) is 22.3 Å². The molecule has 0 aromatic heterocycles. The maximum absolute atomic E-state index is 12.7. The quantitative estimate of drug-likeness (QED) is 0.110. The first-order valence-corrected chi connectivity index (χ1v) is 23.6. The number of nitrogens with two attached hydrogens (primary N) is 1. The van der Waals surface area contributed by atoms with Gasteiger partial charge in [0, 0.05) is 55.4 Å². The minimum absolute atomic E-state index is 0.0749. The summed E-state index contributed by atoms with van der Waals surface area (Å²) < 4.78 is 12.1. The van der Waals surface area contributed by atoms with E-state index in [0.29, 0.717) is 56.9 Å². The normalized spacial score (nSPS) is 27.9. The van der Waals surface area contributed by atoms with Gasteiger partial charge in [-0.25, -0.2) is 9.59 Å². The van der Waals surface area contributed by atoms with Gasteiger partial charge in [0.1, 0.15) is 11.5 Å². The minimum Gasteiger partial charge on any atom is -0.493 e. The average Bonchev–Trinajstić information content (AvgIpc) is 4.04. The molecule has 2 aliphatic carbocycles. The lowest BCUT2D eigenvalue weighted by molar-refractivity contribution is 0.133. The first kappa shape index (κ1) is 41.1. The summed E-state index contributed by atoms with van der Waals surface area (Å²) in [6.45, 7) is 4.54. The zero-order valence-electron chi connectivity index (χ0n) is 35.7. The van der Waals surface area contributed by atoms with Gasteiger partial charge in [-0.1, -0.05) is 54.6 Å². The standard InChI is InChI=1S/C50H68N6O4/c51-49(57)54(38-20-16-36(17-21-38)27-31-56-47-24-25-48(56)44-13-4-3-12-43(44)47)29-7-33-60-40-9-5-8-39(34-40)59-32-6-28-52-50(58)53-37-18-14-35(15-19-37)26-30-55-45-22-23-46(55)42-11-2-1-10-41(42)45/h1-5,8-13,34-38,45-48H,6-7,14-33H2,(H2,51,57)(H2,52,53,58)/t35-,36-,37-,38-,45-,46+,47-,48+. The predicted molar refractivity (Wildman–Crippen MR) is 236 cm³/mol. The van der Waals surface area contributed by atoms with Crippen molar-refractivity contribution in [1.82, 2.24) is 25.3 Å². The third-order valence-electron chi connectivity index (χ3n) is 15.3. The summed E-state index contributed by atoms with van der Waals surface area (Å²) in [6, 6.07) is 28.4. The molecular formula is C50H68N6O4. The second kappa shape index (κ2) is 19.2. The van der Waals surface area contributed by atoms with E-state index >= 15 is 0 Å². The number of fused-ring (bicyclic) bond motifs is 10. The molecule has 6 aliphatic rings. The molecule has 2 saturated heterocycles. The molecule has 3 aromatic rings. The van der Waals surface area contributed by atoms with Crippen molar-refractivity contribution in [2.75, 3.05) is 39.4 Å². The fourth-order valence-electron chi connectivity index (χ4n) is 12.2. The van der Waals surface area contributed by atoms with Crippen LogP contribution in [0, 0.1) is 11.8 Å². The number of benzene rings is 3. The zero-order chi connectivity index (χ0) is 40.8. The van der Waals surface area contributed by atoms with Crippen molar-refractivity contribution in [2.45, 2.75) is 139 Å². The van der Waals surface area contributed by atoms with Gasteiger partial charge >= 0.3 is 12.1 Å². The summed E-state index contributed by atoms with van der Waals surface area (Å²) in [5.41, 5.74) is 12.2. The highest BCUT2D eigenvalue weighted by Gasteiger charge is 2.44. The predicted octanol–water partition coefficient (Wildman–Crippen LogP) is 9.59. The number of nitrogens with zero attached hydrogens (tertiary/aromatic N) is 3. The minimum atomic E-state index is -0.323.